The van der Waals surface area contributed by atoms with Crippen LogP contribution in [0.25, 0.3) is 0 Å². The van der Waals surface area contributed by atoms with Crippen molar-refractivity contribution in [2.24, 2.45) is 0 Å². The van der Waals surface area contributed by atoms with E-state index in [0.29, 0.717) is 13.0 Å². The fourth-order valence-corrected chi connectivity index (χ4v) is 8.10. The average Bonchev–Trinajstić information content (AvgIpc) is 3.31. The van der Waals surface area contributed by atoms with Crippen molar-refractivity contribution in [2.45, 2.75) is 230 Å². The Bertz CT molecular complexity index is 1500. The number of allylic oxidation sites excluding steroid dienone is 14. The minimum absolute atomic E-state index is 0.00310. The highest BCUT2D eigenvalue weighted by Crippen LogP contribution is 2.26. The number of unbranched alkanes of at least 4 members (excludes halogenated alkanes) is 18. The van der Waals surface area contributed by atoms with Crippen LogP contribution in [-0.4, -0.2) is 97.5 Å². The number of aliphatic hydroxyl groups excluding tert-OH is 3. The predicted octanol–water partition coefficient (Wildman–Crippen LogP) is 12.4. The summed E-state index contributed by atoms with van der Waals surface area (Å²) in [5.74, 6) is -0.415. The van der Waals surface area contributed by atoms with Gasteiger partial charge in [0, 0.05) is 13.0 Å². The van der Waals surface area contributed by atoms with Crippen LogP contribution in [0, 0.1) is 0 Å². The van der Waals surface area contributed by atoms with Gasteiger partial charge < -0.3 is 34.3 Å². The quantitative estimate of drug-likeness (QED) is 0.0197. The predicted molar refractivity (Wildman–Crippen MR) is 275 cm³/mol. The minimum atomic E-state index is -5.08. The molecule has 0 aromatic carbocycles. The smallest absolute Gasteiger partial charge is 0.397 e. The molecule has 392 valence electrons. The molecule has 13 heteroatoms. The summed E-state index contributed by atoms with van der Waals surface area (Å²) < 4.78 is 59.2. The molecule has 12 nitrogen and oxygen atoms in total. The van der Waals surface area contributed by atoms with Crippen molar-refractivity contribution in [3.8, 4) is 0 Å². The van der Waals surface area contributed by atoms with E-state index in [1.54, 1.807) is 0 Å². The minimum Gasteiger partial charge on any atom is -0.457 e. The number of carbonyl (C=O) groups excluding carboxylic acids is 1. The van der Waals surface area contributed by atoms with Gasteiger partial charge in [-0.1, -0.05) is 202 Å². The van der Waals surface area contributed by atoms with E-state index in [9.17, 15) is 33.1 Å². The number of aliphatic hydroxyl groups is 3. The first-order chi connectivity index (χ1) is 33.1. The van der Waals surface area contributed by atoms with Gasteiger partial charge in [-0.3, -0.25) is 9.35 Å². The van der Waals surface area contributed by atoms with Crippen molar-refractivity contribution in [3.63, 3.8) is 0 Å². The van der Waals surface area contributed by atoms with Crippen molar-refractivity contribution in [3.05, 3.63) is 85.1 Å². The van der Waals surface area contributed by atoms with E-state index in [1.165, 1.54) is 83.5 Å². The van der Waals surface area contributed by atoms with Gasteiger partial charge in [0.25, 0.3) is 0 Å². The lowest BCUT2D eigenvalue weighted by Gasteiger charge is -2.41. The lowest BCUT2D eigenvalue weighted by atomic mass is 9.99. The van der Waals surface area contributed by atoms with Crippen LogP contribution in [0.5, 0.6) is 0 Å². The topological polar surface area (TPSA) is 178 Å². The Morgan fingerprint density at radius 1 is 0.574 bits per heavy atom. The van der Waals surface area contributed by atoms with Crippen molar-refractivity contribution >= 4 is 16.4 Å². The maximum Gasteiger partial charge on any atom is 0.397 e. The normalized spacial score (nSPS) is 20.0. The van der Waals surface area contributed by atoms with Gasteiger partial charge in [0.2, 0.25) is 0 Å². The molecule has 0 radical (unpaired) electrons. The third-order valence-electron chi connectivity index (χ3n) is 11.5. The number of hydrogen-bond donors (Lipinski definition) is 4. The van der Waals surface area contributed by atoms with E-state index in [0.717, 1.165) is 83.5 Å². The molecule has 1 rings (SSSR count). The third kappa shape index (κ3) is 38.1. The highest BCUT2D eigenvalue weighted by atomic mass is 32.3. The van der Waals surface area contributed by atoms with Gasteiger partial charge in [0.1, 0.15) is 30.5 Å². The standard InChI is InChI=1S/C55H94O12S/c1-3-5-7-9-11-13-15-17-19-21-22-23-24-25-26-27-29-31-33-35-37-39-41-43-45-63-47-49(48-64-55-53(59)54(67-68(60,61)62)52(58)50(46-56)66-55)65-51(57)44-42-40-38-36-34-32-30-28-20-18-16-14-12-10-8-6-4-2/h5,7,11,13,17,19,22-23,25-26,29,31,35,37,49-50,52-56,58-59H,3-4,6,8-10,12,14-16,18,20-21,24,27-28,30,32-34,36,38-48H2,1-2H3,(H,60,61,62)/b7-5-,13-11-,19-17-,23-22-,26-25-,31-29-,37-35-. The number of rotatable bonds is 45. The fraction of sp³-hybridized carbons (Fsp3) is 0.727. The van der Waals surface area contributed by atoms with Crippen LogP contribution in [0.1, 0.15) is 194 Å². The first-order valence-electron chi connectivity index (χ1n) is 26.3. The first kappa shape index (κ1) is 63.3. The Balaban J connectivity index is 2.40. The molecular formula is C55H94O12S. The van der Waals surface area contributed by atoms with Gasteiger partial charge in [0.05, 0.1) is 19.8 Å². The van der Waals surface area contributed by atoms with Crippen molar-refractivity contribution in [1.29, 1.82) is 0 Å². The molecule has 0 spiro atoms. The summed E-state index contributed by atoms with van der Waals surface area (Å²) in [7, 11) is -5.08. The van der Waals surface area contributed by atoms with Gasteiger partial charge in [0.15, 0.2) is 6.29 Å². The van der Waals surface area contributed by atoms with Crippen molar-refractivity contribution in [2.75, 3.05) is 26.4 Å². The van der Waals surface area contributed by atoms with E-state index < -0.39 is 59.8 Å². The summed E-state index contributed by atoms with van der Waals surface area (Å²) in [6.07, 6.45) is 51.9. The van der Waals surface area contributed by atoms with E-state index in [-0.39, 0.29) is 19.6 Å². The molecule has 1 saturated heterocycles. The molecular weight excluding hydrogens is 885 g/mol. The molecule has 0 bridgehead atoms. The largest absolute Gasteiger partial charge is 0.457 e. The van der Waals surface area contributed by atoms with Crippen LogP contribution < -0.4 is 0 Å². The third-order valence-corrected chi connectivity index (χ3v) is 12.0. The summed E-state index contributed by atoms with van der Waals surface area (Å²) in [5, 5.41) is 30.8. The Morgan fingerprint density at radius 2 is 1.01 bits per heavy atom. The molecule has 6 atom stereocenters. The number of esters is 1. The molecule has 0 amide bonds. The van der Waals surface area contributed by atoms with Gasteiger partial charge in [-0.2, -0.15) is 8.42 Å². The van der Waals surface area contributed by atoms with Gasteiger partial charge in [-0.05, 0) is 70.6 Å². The van der Waals surface area contributed by atoms with Crippen LogP contribution in [-0.2, 0) is 38.3 Å². The first-order valence-corrected chi connectivity index (χ1v) is 27.7. The van der Waals surface area contributed by atoms with E-state index >= 15 is 0 Å². The van der Waals surface area contributed by atoms with Gasteiger partial charge in [-0.25, -0.2) is 4.18 Å². The summed E-state index contributed by atoms with van der Waals surface area (Å²) in [4.78, 5) is 12.9. The zero-order valence-corrected chi connectivity index (χ0v) is 43.0. The lowest BCUT2D eigenvalue weighted by Crippen LogP contribution is -2.60. The summed E-state index contributed by atoms with van der Waals surface area (Å²) in [6.45, 7) is 3.78. The van der Waals surface area contributed by atoms with E-state index in [1.807, 2.05) is 0 Å². The van der Waals surface area contributed by atoms with E-state index in [2.05, 4.69) is 103 Å². The number of hydrogen-bond acceptors (Lipinski definition) is 11. The second-order valence-corrected chi connectivity index (χ2v) is 18.8. The highest BCUT2D eigenvalue weighted by molar-refractivity contribution is 7.80. The molecule has 0 saturated carbocycles. The fourth-order valence-electron chi connectivity index (χ4n) is 7.59. The Kier molecular flexibility index (Phi) is 42.3. The second kappa shape index (κ2) is 45.4. The maximum absolute atomic E-state index is 12.9. The number of carbonyl (C=O) groups is 1. The Labute approximate surface area is 413 Å². The van der Waals surface area contributed by atoms with Gasteiger partial charge in [-0.15, -0.1) is 0 Å². The van der Waals surface area contributed by atoms with Crippen LogP contribution in [0.2, 0.25) is 0 Å². The SMILES string of the molecule is CC/C=C\C/C=C\C/C=C\C/C=C\C/C=C\C/C=C\C/C=C\CCCCOCC(COC1OC(CO)C(O)C(OS(=O)(=O)O)C1O)OC(=O)CCCCCCCCCCCCCCCCCCC. The molecule has 1 aliphatic heterocycles. The summed E-state index contributed by atoms with van der Waals surface area (Å²) >= 11 is 0. The molecule has 0 aromatic heterocycles. The molecule has 0 aromatic rings. The van der Waals surface area contributed by atoms with Crippen molar-refractivity contribution < 1.29 is 56.2 Å². The molecule has 68 heavy (non-hydrogen) atoms. The zero-order chi connectivity index (χ0) is 49.6. The molecule has 6 unspecified atom stereocenters. The summed E-state index contributed by atoms with van der Waals surface area (Å²) in [5.41, 5.74) is 0. The lowest BCUT2D eigenvalue weighted by molar-refractivity contribution is -0.301. The molecule has 1 heterocycles. The molecule has 1 aliphatic rings. The van der Waals surface area contributed by atoms with Gasteiger partial charge >= 0.3 is 16.4 Å². The number of ether oxygens (including phenoxy) is 4. The molecule has 4 N–H and O–H groups in total. The van der Waals surface area contributed by atoms with Crippen molar-refractivity contribution in [1.82, 2.24) is 0 Å². The highest BCUT2D eigenvalue weighted by Gasteiger charge is 2.48. The average molecular weight is 979 g/mol. The molecule has 1 fully saturated rings. The second-order valence-electron chi connectivity index (χ2n) is 17.7. The van der Waals surface area contributed by atoms with Crippen LogP contribution in [0.4, 0.5) is 0 Å². The Morgan fingerprint density at radius 3 is 1.46 bits per heavy atom. The maximum atomic E-state index is 12.9. The Hall–Kier alpha value is -2.72. The monoisotopic (exact) mass is 979 g/mol. The van der Waals surface area contributed by atoms with Crippen LogP contribution >= 0.6 is 0 Å². The van der Waals surface area contributed by atoms with Crippen LogP contribution in [0.15, 0.2) is 85.1 Å². The van der Waals surface area contributed by atoms with E-state index in [4.69, 9.17) is 18.9 Å². The zero-order valence-electron chi connectivity index (χ0n) is 42.1. The molecule has 0 aliphatic carbocycles. The summed E-state index contributed by atoms with van der Waals surface area (Å²) in [6, 6.07) is 0. The van der Waals surface area contributed by atoms with Crippen LogP contribution in [0.3, 0.4) is 0 Å².